The van der Waals surface area contributed by atoms with Crippen LogP contribution in [0.25, 0.3) is 0 Å². The average Bonchev–Trinajstić information content (AvgIpc) is 2.81. The minimum absolute atomic E-state index is 0.0729. The summed E-state index contributed by atoms with van der Waals surface area (Å²) in [5.41, 5.74) is 6.61. The van der Waals surface area contributed by atoms with E-state index in [2.05, 4.69) is 5.10 Å². The van der Waals surface area contributed by atoms with Gasteiger partial charge in [0.2, 0.25) is 0 Å². The van der Waals surface area contributed by atoms with Gasteiger partial charge in [-0.1, -0.05) is 17.7 Å². The molecule has 1 aromatic carbocycles. The smallest absolute Gasteiger partial charge is 0.319 e. The van der Waals surface area contributed by atoms with Crippen LogP contribution in [0.15, 0.2) is 30.5 Å². The molecule has 0 fully saturated rings. The third-order valence-electron chi connectivity index (χ3n) is 2.45. The molecule has 2 rings (SSSR count). The van der Waals surface area contributed by atoms with Gasteiger partial charge in [-0.3, -0.25) is 0 Å². The molecule has 18 heavy (non-hydrogen) atoms. The minimum Gasteiger partial charge on any atom is -0.319 e. The Labute approximate surface area is 106 Å². The van der Waals surface area contributed by atoms with Crippen LogP contribution in [-0.4, -0.2) is 9.78 Å². The number of benzene rings is 1. The number of aromatic nitrogens is 2. The van der Waals surface area contributed by atoms with Crippen molar-refractivity contribution in [2.75, 3.05) is 0 Å². The van der Waals surface area contributed by atoms with E-state index in [1.807, 2.05) is 0 Å². The first-order valence-electron chi connectivity index (χ1n) is 5.03. The predicted octanol–water partition coefficient (Wildman–Crippen LogP) is 3.12. The van der Waals surface area contributed by atoms with Crippen LogP contribution in [0.4, 0.5) is 13.2 Å². The van der Waals surface area contributed by atoms with E-state index in [0.717, 1.165) is 6.20 Å². The topological polar surface area (TPSA) is 43.8 Å². The lowest BCUT2D eigenvalue weighted by Gasteiger charge is -2.10. The van der Waals surface area contributed by atoms with Gasteiger partial charge < -0.3 is 5.73 Å². The molecule has 1 atom stereocenters. The summed E-state index contributed by atoms with van der Waals surface area (Å²) >= 11 is 5.62. The van der Waals surface area contributed by atoms with Gasteiger partial charge in [0, 0.05) is 6.20 Å². The fraction of sp³-hybridized carbons (Fsp3) is 0.182. The Kier molecular flexibility index (Phi) is 3.58. The Morgan fingerprint density at radius 3 is 2.56 bits per heavy atom. The van der Waals surface area contributed by atoms with Crippen molar-refractivity contribution >= 4 is 11.6 Å². The maximum absolute atomic E-state index is 13.0. The van der Waals surface area contributed by atoms with Crippen molar-refractivity contribution in [3.8, 4) is 0 Å². The third kappa shape index (κ3) is 2.49. The van der Waals surface area contributed by atoms with Crippen molar-refractivity contribution in [1.82, 2.24) is 9.78 Å². The molecule has 0 aliphatic heterocycles. The number of nitrogens with zero attached hydrogens (tertiary/aromatic N) is 2. The van der Waals surface area contributed by atoms with Crippen molar-refractivity contribution in [2.45, 2.75) is 12.6 Å². The van der Waals surface area contributed by atoms with E-state index >= 15 is 0 Å². The zero-order valence-electron chi connectivity index (χ0n) is 9.03. The number of hydrogen-bond acceptors (Lipinski definition) is 2. The lowest BCUT2D eigenvalue weighted by molar-refractivity contribution is 0.0561. The lowest BCUT2D eigenvalue weighted by atomic mass is 10.1. The Bertz CT molecular complexity index is 556. The van der Waals surface area contributed by atoms with Gasteiger partial charge in [0.05, 0.1) is 16.8 Å². The van der Waals surface area contributed by atoms with E-state index in [1.54, 1.807) is 0 Å². The highest BCUT2D eigenvalue weighted by Gasteiger charge is 2.15. The second-order valence-corrected chi connectivity index (χ2v) is 4.06. The molecular formula is C11H9ClF3N3. The first-order valence-corrected chi connectivity index (χ1v) is 5.40. The first-order chi connectivity index (χ1) is 8.49. The zero-order valence-corrected chi connectivity index (χ0v) is 9.78. The van der Waals surface area contributed by atoms with Gasteiger partial charge in [-0.05, 0) is 23.8 Å². The molecule has 0 aliphatic carbocycles. The van der Waals surface area contributed by atoms with Crippen LogP contribution in [0.5, 0.6) is 0 Å². The van der Waals surface area contributed by atoms with Crippen LogP contribution >= 0.6 is 11.6 Å². The monoisotopic (exact) mass is 275 g/mol. The van der Waals surface area contributed by atoms with Gasteiger partial charge in [0.15, 0.2) is 0 Å². The summed E-state index contributed by atoms with van der Waals surface area (Å²) in [6, 6.07) is 4.61. The molecule has 2 N–H and O–H groups in total. The first kappa shape index (κ1) is 12.9. The molecule has 1 unspecified atom stereocenters. The third-order valence-corrected chi connectivity index (χ3v) is 2.74. The maximum Gasteiger partial charge on any atom is 0.333 e. The maximum atomic E-state index is 13.0. The highest BCUT2D eigenvalue weighted by molar-refractivity contribution is 6.30. The number of alkyl halides is 2. The highest BCUT2D eigenvalue weighted by Crippen LogP contribution is 2.23. The van der Waals surface area contributed by atoms with Crippen molar-refractivity contribution in [1.29, 1.82) is 0 Å². The molecular weight excluding hydrogens is 267 g/mol. The van der Waals surface area contributed by atoms with E-state index in [1.165, 1.54) is 24.3 Å². The second kappa shape index (κ2) is 4.99. The summed E-state index contributed by atoms with van der Waals surface area (Å²) in [5, 5.41) is 3.57. The Balaban J connectivity index is 2.29. The summed E-state index contributed by atoms with van der Waals surface area (Å²) in [6.45, 7) is -2.72. The fourth-order valence-corrected chi connectivity index (χ4v) is 1.69. The molecule has 0 radical (unpaired) electrons. The number of nitrogens with two attached hydrogens (primary N) is 1. The molecule has 1 heterocycles. The van der Waals surface area contributed by atoms with Gasteiger partial charge in [0.1, 0.15) is 5.82 Å². The predicted molar refractivity (Wildman–Crippen MR) is 60.9 cm³/mol. The fourth-order valence-electron chi connectivity index (χ4n) is 1.50. The van der Waals surface area contributed by atoms with E-state index in [-0.39, 0.29) is 10.7 Å². The molecule has 2 aromatic rings. The normalized spacial score (nSPS) is 13.0. The van der Waals surface area contributed by atoms with Gasteiger partial charge in [-0.2, -0.15) is 13.9 Å². The van der Waals surface area contributed by atoms with E-state index in [4.69, 9.17) is 17.3 Å². The summed E-state index contributed by atoms with van der Waals surface area (Å²) in [6.07, 6.45) is 1.13. The van der Waals surface area contributed by atoms with Gasteiger partial charge in [0.25, 0.3) is 0 Å². The van der Waals surface area contributed by atoms with Gasteiger partial charge in [-0.15, -0.1) is 0 Å². The van der Waals surface area contributed by atoms with Crippen LogP contribution in [0.2, 0.25) is 5.02 Å². The summed E-state index contributed by atoms with van der Waals surface area (Å²) < 4.78 is 38.2. The molecule has 0 saturated heterocycles. The second-order valence-electron chi connectivity index (χ2n) is 3.65. The number of halogens is 4. The number of rotatable bonds is 3. The van der Waals surface area contributed by atoms with Crippen molar-refractivity contribution in [3.05, 3.63) is 52.6 Å². The molecule has 0 aliphatic rings. The SMILES string of the molecule is NC(c1ccc(F)c(Cl)c1)c1ccn(C(F)F)n1. The molecule has 0 bridgehead atoms. The van der Waals surface area contributed by atoms with Gasteiger partial charge >= 0.3 is 6.55 Å². The van der Waals surface area contributed by atoms with E-state index in [9.17, 15) is 13.2 Å². The van der Waals surface area contributed by atoms with Crippen LogP contribution in [-0.2, 0) is 0 Å². The molecule has 96 valence electrons. The van der Waals surface area contributed by atoms with E-state index in [0.29, 0.717) is 10.2 Å². The summed E-state index contributed by atoms with van der Waals surface area (Å²) in [4.78, 5) is 0. The van der Waals surface area contributed by atoms with Crippen molar-refractivity contribution in [2.24, 2.45) is 5.73 Å². The molecule has 0 amide bonds. The highest BCUT2D eigenvalue weighted by atomic mass is 35.5. The standard InChI is InChI=1S/C11H9ClF3N3/c12-7-5-6(1-2-8(7)13)10(16)9-3-4-18(17-9)11(14)15/h1-5,10-11H,16H2. The lowest BCUT2D eigenvalue weighted by Crippen LogP contribution is -2.13. The molecule has 3 nitrogen and oxygen atoms in total. The van der Waals surface area contributed by atoms with Crippen LogP contribution in [0, 0.1) is 5.82 Å². The van der Waals surface area contributed by atoms with Gasteiger partial charge in [-0.25, -0.2) is 9.07 Å². The number of hydrogen-bond donors (Lipinski definition) is 1. The largest absolute Gasteiger partial charge is 0.333 e. The molecule has 0 spiro atoms. The summed E-state index contributed by atoms with van der Waals surface area (Å²) in [5.74, 6) is -0.564. The Morgan fingerprint density at radius 2 is 2.00 bits per heavy atom. The van der Waals surface area contributed by atoms with Crippen molar-refractivity contribution in [3.63, 3.8) is 0 Å². The average molecular weight is 276 g/mol. The molecule has 0 saturated carbocycles. The zero-order chi connectivity index (χ0) is 13.3. The molecule has 1 aromatic heterocycles. The Hall–Kier alpha value is -1.53. The molecule has 7 heteroatoms. The van der Waals surface area contributed by atoms with Crippen LogP contribution < -0.4 is 5.73 Å². The minimum atomic E-state index is -2.72. The van der Waals surface area contributed by atoms with Crippen LogP contribution in [0.3, 0.4) is 0 Å². The van der Waals surface area contributed by atoms with Crippen LogP contribution in [0.1, 0.15) is 23.8 Å². The van der Waals surface area contributed by atoms with E-state index < -0.39 is 18.4 Å². The summed E-state index contributed by atoms with van der Waals surface area (Å²) in [7, 11) is 0. The quantitative estimate of drug-likeness (QED) is 0.935. The van der Waals surface area contributed by atoms with Crippen molar-refractivity contribution < 1.29 is 13.2 Å². The Morgan fingerprint density at radius 1 is 1.28 bits per heavy atom.